The number of nitrogens with one attached hydrogen (secondary N) is 1. The number of aliphatic hydroxyl groups excluding tert-OH is 1. The third-order valence-electron chi connectivity index (χ3n) is 2.91. The molecule has 1 atom stereocenters. The molecule has 1 heterocycles. The molecule has 0 aliphatic carbocycles. The lowest BCUT2D eigenvalue weighted by Crippen LogP contribution is -2.34. The number of benzene rings is 1. The van der Waals surface area contributed by atoms with E-state index in [0.717, 1.165) is 23.5 Å². The zero-order valence-corrected chi connectivity index (χ0v) is 11.8. The van der Waals surface area contributed by atoms with Crippen molar-refractivity contribution in [2.24, 2.45) is 0 Å². The summed E-state index contributed by atoms with van der Waals surface area (Å²) in [4.78, 5) is 12.1. The zero-order chi connectivity index (χ0) is 15.8. The second kappa shape index (κ2) is 5.53. The van der Waals surface area contributed by atoms with Gasteiger partial charge in [0.15, 0.2) is 0 Å². The van der Waals surface area contributed by atoms with E-state index in [0.29, 0.717) is 4.70 Å². The van der Waals surface area contributed by atoms with Gasteiger partial charge in [0.25, 0.3) is 5.91 Å². The lowest BCUT2D eigenvalue weighted by Gasteiger charge is -2.09. The highest BCUT2D eigenvalue weighted by Gasteiger charge is 2.31. The average Bonchev–Trinajstić information content (AvgIpc) is 2.74. The second-order valence-electron chi connectivity index (χ2n) is 4.61. The Hall–Kier alpha value is -1.80. The van der Waals surface area contributed by atoms with Crippen LogP contribution in [0, 0.1) is 0 Å². The summed E-state index contributed by atoms with van der Waals surface area (Å²) in [7, 11) is 0. The number of alkyl halides is 3. The normalized spacial score (nSPS) is 13.4. The number of nitrogen functional groups attached to an aromatic ring is 1. The molecule has 0 aliphatic rings. The molecule has 1 aromatic heterocycles. The summed E-state index contributed by atoms with van der Waals surface area (Å²) in [6, 6.07) is 2.72. The number of hydrogen-bond acceptors (Lipinski definition) is 4. The second-order valence-corrected chi connectivity index (χ2v) is 5.66. The molecular weight excluding hydrogens is 305 g/mol. The van der Waals surface area contributed by atoms with Gasteiger partial charge in [0.2, 0.25) is 0 Å². The van der Waals surface area contributed by atoms with Gasteiger partial charge in [-0.15, -0.1) is 11.3 Å². The molecule has 0 aliphatic heterocycles. The maximum Gasteiger partial charge on any atom is 0.416 e. The quantitative estimate of drug-likeness (QED) is 0.814. The number of hydrogen-bond donors (Lipinski definition) is 3. The maximum atomic E-state index is 12.7. The van der Waals surface area contributed by atoms with Crippen molar-refractivity contribution in [1.29, 1.82) is 0 Å². The Morgan fingerprint density at radius 1 is 1.48 bits per heavy atom. The number of aliphatic hydroxyl groups is 1. The highest BCUT2D eigenvalue weighted by Crippen LogP contribution is 2.38. The molecule has 0 saturated heterocycles. The highest BCUT2D eigenvalue weighted by molar-refractivity contribution is 7.21. The largest absolute Gasteiger partial charge is 0.416 e. The number of thiophene rings is 1. The first kappa shape index (κ1) is 15.6. The Morgan fingerprint density at radius 3 is 2.71 bits per heavy atom. The van der Waals surface area contributed by atoms with Crippen molar-refractivity contribution in [3.8, 4) is 0 Å². The van der Waals surface area contributed by atoms with Crippen molar-refractivity contribution < 1.29 is 23.1 Å². The molecule has 0 fully saturated rings. The predicted octanol–water partition coefficient (Wildman–Crippen LogP) is 2.61. The number of nitrogens with two attached hydrogens (primary N) is 1. The lowest BCUT2D eigenvalue weighted by atomic mass is 10.1. The van der Waals surface area contributed by atoms with E-state index in [4.69, 9.17) is 10.8 Å². The van der Waals surface area contributed by atoms with Gasteiger partial charge in [-0.2, -0.15) is 13.2 Å². The molecular formula is C13H13F3N2O2S. The van der Waals surface area contributed by atoms with Crippen LogP contribution in [0.5, 0.6) is 0 Å². The zero-order valence-electron chi connectivity index (χ0n) is 11.0. The first-order chi connectivity index (χ1) is 9.74. The molecule has 2 aromatic rings. The van der Waals surface area contributed by atoms with Crippen molar-refractivity contribution in [2.45, 2.75) is 19.1 Å². The van der Waals surface area contributed by atoms with Crippen molar-refractivity contribution in [3.63, 3.8) is 0 Å². The molecule has 114 valence electrons. The fraction of sp³-hybridized carbons (Fsp3) is 0.308. The van der Waals surface area contributed by atoms with Gasteiger partial charge in [0, 0.05) is 16.1 Å². The Balaban J connectivity index is 2.44. The summed E-state index contributed by atoms with van der Waals surface area (Å²) in [5, 5.41) is 11.6. The number of fused-ring (bicyclic) bond motifs is 1. The standard InChI is InChI=1S/C13H13F3N2O2S/c1-6(5-19)18-12(20)11-10(17)8-4-7(13(14,15)16)2-3-9(8)21-11/h2-4,6,19H,5,17H2,1H3,(H,18,20). The minimum atomic E-state index is -4.46. The van der Waals surface area contributed by atoms with Gasteiger partial charge in [-0.25, -0.2) is 0 Å². The van der Waals surface area contributed by atoms with Crippen LogP contribution in [0.25, 0.3) is 10.1 Å². The molecule has 2 rings (SSSR count). The molecule has 0 bridgehead atoms. The number of anilines is 1. The van der Waals surface area contributed by atoms with Gasteiger partial charge in [0.1, 0.15) is 4.88 Å². The molecule has 8 heteroatoms. The lowest BCUT2D eigenvalue weighted by molar-refractivity contribution is -0.137. The molecule has 0 radical (unpaired) electrons. The van der Waals surface area contributed by atoms with E-state index < -0.39 is 23.7 Å². The molecule has 4 nitrogen and oxygen atoms in total. The summed E-state index contributed by atoms with van der Waals surface area (Å²) in [6.07, 6.45) is -4.46. The SMILES string of the molecule is CC(CO)NC(=O)c1sc2ccc(C(F)(F)F)cc2c1N. The van der Waals surface area contributed by atoms with E-state index in [1.807, 2.05) is 0 Å². The predicted molar refractivity (Wildman–Crippen MR) is 75.3 cm³/mol. The van der Waals surface area contributed by atoms with Gasteiger partial charge in [0.05, 0.1) is 17.9 Å². The monoisotopic (exact) mass is 318 g/mol. The third kappa shape index (κ3) is 3.11. The number of amides is 1. The molecule has 1 aromatic carbocycles. The minimum Gasteiger partial charge on any atom is -0.397 e. The van der Waals surface area contributed by atoms with Gasteiger partial charge < -0.3 is 16.2 Å². The van der Waals surface area contributed by atoms with Gasteiger partial charge in [-0.1, -0.05) is 0 Å². The molecule has 0 saturated carbocycles. The van der Waals surface area contributed by atoms with Crippen LogP contribution >= 0.6 is 11.3 Å². The first-order valence-corrected chi connectivity index (χ1v) is 6.86. The van der Waals surface area contributed by atoms with Crippen LogP contribution in [0.2, 0.25) is 0 Å². The van der Waals surface area contributed by atoms with Crippen molar-refractivity contribution in [2.75, 3.05) is 12.3 Å². The molecule has 1 amide bonds. The van der Waals surface area contributed by atoms with Gasteiger partial charge in [-0.05, 0) is 25.1 Å². The van der Waals surface area contributed by atoms with E-state index in [1.54, 1.807) is 6.92 Å². The fourth-order valence-corrected chi connectivity index (χ4v) is 2.80. The van der Waals surface area contributed by atoms with E-state index in [1.165, 1.54) is 6.07 Å². The van der Waals surface area contributed by atoms with Crippen molar-refractivity contribution >= 4 is 33.0 Å². The Kier molecular flexibility index (Phi) is 4.11. The maximum absolute atomic E-state index is 12.7. The smallest absolute Gasteiger partial charge is 0.397 e. The summed E-state index contributed by atoms with van der Waals surface area (Å²) in [6.45, 7) is 1.36. The van der Waals surface area contributed by atoms with Crippen LogP contribution in [-0.4, -0.2) is 23.7 Å². The van der Waals surface area contributed by atoms with E-state index in [2.05, 4.69) is 5.32 Å². The summed E-state index contributed by atoms with van der Waals surface area (Å²) in [5.41, 5.74) is 5.00. The number of carbonyl (C=O) groups is 1. The fourth-order valence-electron chi connectivity index (χ4n) is 1.80. The molecule has 4 N–H and O–H groups in total. The summed E-state index contributed by atoms with van der Waals surface area (Å²) in [5.74, 6) is -0.510. The van der Waals surface area contributed by atoms with Crippen LogP contribution in [0.4, 0.5) is 18.9 Å². The highest BCUT2D eigenvalue weighted by atomic mass is 32.1. The summed E-state index contributed by atoms with van der Waals surface area (Å²) >= 11 is 1.02. The molecule has 1 unspecified atom stereocenters. The van der Waals surface area contributed by atoms with E-state index >= 15 is 0 Å². The van der Waals surface area contributed by atoms with Crippen LogP contribution in [0.1, 0.15) is 22.2 Å². The Labute approximate surface area is 122 Å². The third-order valence-corrected chi connectivity index (χ3v) is 4.10. The van der Waals surface area contributed by atoms with E-state index in [-0.39, 0.29) is 22.6 Å². The Bertz CT molecular complexity index is 682. The van der Waals surface area contributed by atoms with Crippen LogP contribution in [0.3, 0.4) is 0 Å². The topological polar surface area (TPSA) is 75.3 Å². The van der Waals surface area contributed by atoms with Crippen LogP contribution in [0.15, 0.2) is 18.2 Å². The van der Waals surface area contributed by atoms with Crippen LogP contribution in [-0.2, 0) is 6.18 Å². The van der Waals surface area contributed by atoms with Crippen molar-refractivity contribution in [3.05, 3.63) is 28.6 Å². The first-order valence-electron chi connectivity index (χ1n) is 6.05. The molecule has 21 heavy (non-hydrogen) atoms. The number of rotatable bonds is 3. The Morgan fingerprint density at radius 2 is 2.14 bits per heavy atom. The summed E-state index contributed by atoms with van der Waals surface area (Å²) < 4.78 is 38.6. The molecule has 0 spiro atoms. The minimum absolute atomic E-state index is 0.0174. The van der Waals surface area contributed by atoms with Crippen LogP contribution < -0.4 is 11.1 Å². The number of carbonyl (C=O) groups excluding carboxylic acids is 1. The van der Waals surface area contributed by atoms with Gasteiger partial charge in [-0.3, -0.25) is 4.79 Å². The number of halogens is 3. The van der Waals surface area contributed by atoms with E-state index in [9.17, 15) is 18.0 Å². The van der Waals surface area contributed by atoms with Gasteiger partial charge >= 0.3 is 6.18 Å². The average molecular weight is 318 g/mol. The van der Waals surface area contributed by atoms with Crippen molar-refractivity contribution in [1.82, 2.24) is 5.32 Å².